The van der Waals surface area contributed by atoms with E-state index in [2.05, 4.69) is 26.9 Å². The Balaban J connectivity index is 2.23. The first kappa shape index (κ1) is 14.5. The van der Waals surface area contributed by atoms with Crippen LogP contribution in [-0.2, 0) is 4.79 Å². The summed E-state index contributed by atoms with van der Waals surface area (Å²) in [4.78, 5) is 13.6. The van der Waals surface area contributed by atoms with Gasteiger partial charge in [0.15, 0.2) is 0 Å². The van der Waals surface area contributed by atoms with E-state index in [9.17, 15) is 4.79 Å². The highest BCUT2D eigenvalue weighted by atomic mass is 79.9. The van der Waals surface area contributed by atoms with Crippen LogP contribution in [0.5, 0.6) is 0 Å². The van der Waals surface area contributed by atoms with Crippen molar-refractivity contribution in [2.45, 2.75) is 25.4 Å². The zero-order valence-corrected chi connectivity index (χ0v) is 12.6. The number of likely N-dealkylation sites (tertiary alicyclic amines) is 1. The minimum Gasteiger partial charge on any atom is -0.369 e. The summed E-state index contributed by atoms with van der Waals surface area (Å²) in [6, 6.07) is 8.20. The monoisotopic (exact) mass is 325 g/mol. The molecular weight excluding hydrogens is 306 g/mol. The summed E-state index contributed by atoms with van der Waals surface area (Å²) in [5.41, 5.74) is 12.7. The van der Waals surface area contributed by atoms with Gasteiger partial charge in [-0.3, -0.25) is 9.69 Å². The second kappa shape index (κ2) is 6.03. The topological polar surface area (TPSA) is 72.3 Å². The van der Waals surface area contributed by atoms with Crippen LogP contribution in [0.1, 0.15) is 24.9 Å². The number of primary amides is 1. The number of benzene rings is 1. The van der Waals surface area contributed by atoms with E-state index in [-0.39, 0.29) is 23.9 Å². The van der Waals surface area contributed by atoms with Crippen LogP contribution in [-0.4, -0.2) is 29.9 Å². The average Bonchev–Trinajstić information content (AvgIpc) is 2.81. The Kier molecular flexibility index (Phi) is 4.60. The summed E-state index contributed by atoms with van der Waals surface area (Å²) in [6.07, 6.45) is 0.822. The molecule has 1 aliphatic heterocycles. The number of nitrogens with two attached hydrogens (primary N) is 2. The van der Waals surface area contributed by atoms with Crippen LogP contribution in [0.4, 0.5) is 0 Å². The van der Waals surface area contributed by atoms with E-state index in [0.29, 0.717) is 6.54 Å². The molecule has 1 aliphatic rings. The fourth-order valence-electron chi connectivity index (χ4n) is 2.80. The van der Waals surface area contributed by atoms with Crippen molar-refractivity contribution in [2.24, 2.45) is 17.4 Å². The van der Waals surface area contributed by atoms with E-state index in [4.69, 9.17) is 11.5 Å². The molecule has 1 amide bonds. The Bertz CT molecular complexity index is 464. The molecule has 1 saturated heterocycles. The van der Waals surface area contributed by atoms with Gasteiger partial charge in [-0.2, -0.15) is 0 Å². The van der Waals surface area contributed by atoms with Gasteiger partial charge in [0.1, 0.15) is 0 Å². The van der Waals surface area contributed by atoms with Gasteiger partial charge in [-0.05, 0) is 31.5 Å². The van der Waals surface area contributed by atoms with E-state index >= 15 is 0 Å². The van der Waals surface area contributed by atoms with Crippen LogP contribution >= 0.6 is 15.9 Å². The van der Waals surface area contributed by atoms with Crippen molar-refractivity contribution >= 4 is 21.8 Å². The first-order valence-corrected chi connectivity index (χ1v) is 7.33. The molecule has 0 bridgehead atoms. The number of hydrogen-bond acceptors (Lipinski definition) is 3. The molecule has 1 aromatic rings. The Hall–Kier alpha value is -0.910. The minimum absolute atomic E-state index is 0.00896. The summed E-state index contributed by atoms with van der Waals surface area (Å²) >= 11 is 3.58. The van der Waals surface area contributed by atoms with Crippen molar-refractivity contribution in [3.05, 3.63) is 34.3 Å². The molecule has 2 rings (SSSR count). The van der Waals surface area contributed by atoms with Crippen LogP contribution in [0.15, 0.2) is 28.7 Å². The highest BCUT2D eigenvalue weighted by Crippen LogP contribution is 2.33. The number of amides is 1. The first-order chi connectivity index (χ1) is 9.00. The van der Waals surface area contributed by atoms with Crippen molar-refractivity contribution in [1.29, 1.82) is 0 Å². The lowest BCUT2D eigenvalue weighted by Gasteiger charge is -2.32. The van der Waals surface area contributed by atoms with Crippen molar-refractivity contribution < 1.29 is 4.79 Å². The maximum absolute atomic E-state index is 11.3. The van der Waals surface area contributed by atoms with Crippen LogP contribution in [0, 0.1) is 5.92 Å². The smallest absolute Gasteiger partial charge is 0.221 e. The third-order valence-corrected chi connectivity index (χ3v) is 4.46. The molecule has 4 nitrogen and oxygen atoms in total. The fraction of sp³-hybridized carbons (Fsp3) is 0.500. The zero-order chi connectivity index (χ0) is 14.0. The molecule has 1 aromatic carbocycles. The predicted molar refractivity (Wildman–Crippen MR) is 79.4 cm³/mol. The van der Waals surface area contributed by atoms with E-state index in [1.54, 1.807) is 0 Å². The van der Waals surface area contributed by atoms with Crippen LogP contribution in [0.25, 0.3) is 0 Å². The van der Waals surface area contributed by atoms with Gasteiger partial charge < -0.3 is 11.5 Å². The lowest BCUT2D eigenvalue weighted by molar-refractivity contribution is -0.121. The van der Waals surface area contributed by atoms with E-state index < -0.39 is 0 Å². The molecule has 19 heavy (non-hydrogen) atoms. The van der Waals surface area contributed by atoms with Gasteiger partial charge in [-0.25, -0.2) is 0 Å². The molecule has 0 spiro atoms. The predicted octanol–water partition coefficient (Wildman–Crippen LogP) is 1.64. The summed E-state index contributed by atoms with van der Waals surface area (Å²) < 4.78 is 1.06. The minimum atomic E-state index is -0.210. The SMILES string of the molecule is CC(N)C(c1ccccc1Br)N1CCC(C(N)=O)C1. The molecule has 0 aromatic heterocycles. The molecule has 0 aliphatic carbocycles. The molecular formula is C14H20BrN3O. The lowest BCUT2D eigenvalue weighted by Crippen LogP contribution is -2.39. The van der Waals surface area contributed by atoms with E-state index in [0.717, 1.165) is 17.4 Å². The maximum Gasteiger partial charge on any atom is 0.221 e. The van der Waals surface area contributed by atoms with E-state index in [1.807, 2.05) is 25.1 Å². The Morgan fingerprint density at radius 3 is 2.68 bits per heavy atom. The highest BCUT2D eigenvalue weighted by molar-refractivity contribution is 9.10. The largest absolute Gasteiger partial charge is 0.369 e. The van der Waals surface area contributed by atoms with Gasteiger partial charge in [0.2, 0.25) is 5.91 Å². The fourth-order valence-corrected chi connectivity index (χ4v) is 3.32. The van der Waals surface area contributed by atoms with Crippen molar-refractivity contribution in [1.82, 2.24) is 4.90 Å². The van der Waals surface area contributed by atoms with Crippen LogP contribution < -0.4 is 11.5 Å². The number of carbonyl (C=O) groups is 1. The van der Waals surface area contributed by atoms with Gasteiger partial charge in [0.05, 0.1) is 12.0 Å². The van der Waals surface area contributed by atoms with Gasteiger partial charge in [0, 0.05) is 17.1 Å². The zero-order valence-electron chi connectivity index (χ0n) is 11.1. The van der Waals surface area contributed by atoms with Gasteiger partial charge in [0.25, 0.3) is 0 Å². The third-order valence-electron chi connectivity index (χ3n) is 3.74. The molecule has 1 fully saturated rings. The molecule has 5 heteroatoms. The molecule has 3 atom stereocenters. The highest BCUT2D eigenvalue weighted by Gasteiger charge is 2.34. The summed E-state index contributed by atoms with van der Waals surface area (Å²) in [5.74, 6) is -0.262. The summed E-state index contributed by atoms with van der Waals surface area (Å²) in [5, 5.41) is 0. The lowest BCUT2D eigenvalue weighted by atomic mass is 9.99. The normalized spacial score (nSPS) is 23.2. The molecule has 104 valence electrons. The maximum atomic E-state index is 11.3. The number of halogens is 1. The van der Waals surface area contributed by atoms with Gasteiger partial charge >= 0.3 is 0 Å². The van der Waals surface area contributed by atoms with Crippen LogP contribution in [0.2, 0.25) is 0 Å². The van der Waals surface area contributed by atoms with Gasteiger partial charge in [-0.1, -0.05) is 34.1 Å². The summed E-state index contributed by atoms with van der Waals surface area (Å²) in [7, 11) is 0. The third kappa shape index (κ3) is 3.16. The number of hydrogen-bond donors (Lipinski definition) is 2. The molecule has 0 saturated carbocycles. The second-order valence-corrected chi connectivity index (χ2v) is 6.06. The Morgan fingerprint density at radius 2 is 2.16 bits per heavy atom. The van der Waals surface area contributed by atoms with Crippen LogP contribution in [0.3, 0.4) is 0 Å². The Morgan fingerprint density at radius 1 is 1.47 bits per heavy atom. The molecule has 3 unspecified atom stereocenters. The molecule has 1 heterocycles. The second-order valence-electron chi connectivity index (χ2n) is 5.21. The number of nitrogens with zero attached hydrogens (tertiary/aromatic N) is 1. The number of rotatable bonds is 4. The molecule has 4 N–H and O–H groups in total. The average molecular weight is 326 g/mol. The Labute approximate surface area is 122 Å². The number of carbonyl (C=O) groups excluding carboxylic acids is 1. The van der Waals surface area contributed by atoms with Crippen molar-refractivity contribution in [3.63, 3.8) is 0 Å². The summed E-state index contributed by atoms with van der Waals surface area (Å²) in [6.45, 7) is 3.56. The van der Waals surface area contributed by atoms with Crippen molar-refractivity contribution in [2.75, 3.05) is 13.1 Å². The van der Waals surface area contributed by atoms with Gasteiger partial charge in [-0.15, -0.1) is 0 Å². The first-order valence-electron chi connectivity index (χ1n) is 6.54. The van der Waals surface area contributed by atoms with E-state index in [1.165, 1.54) is 5.56 Å². The molecule has 0 radical (unpaired) electrons. The van der Waals surface area contributed by atoms with Crippen molar-refractivity contribution in [3.8, 4) is 0 Å². The standard InChI is InChI=1S/C14H20BrN3O/c1-9(16)13(11-4-2-3-5-12(11)15)18-7-6-10(8-18)14(17)19/h2-5,9-10,13H,6-8,16H2,1H3,(H2,17,19). The quantitative estimate of drug-likeness (QED) is 0.884.